The highest BCUT2D eigenvalue weighted by molar-refractivity contribution is 7.99. The monoisotopic (exact) mass is 294 g/mol. The van der Waals surface area contributed by atoms with Gasteiger partial charge in [-0.1, -0.05) is 30.3 Å². The summed E-state index contributed by atoms with van der Waals surface area (Å²) < 4.78 is 5.37. The number of hydrogen-bond donors (Lipinski definition) is 1. The zero-order chi connectivity index (χ0) is 14.2. The van der Waals surface area contributed by atoms with Gasteiger partial charge in [-0.2, -0.15) is 11.8 Å². The lowest BCUT2D eigenvalue weighted by Crippen LogP contribution is -2.43. The minimum atomic E-state index is 0.0500. The molecule has 0 aromatic heterocycles. The molecule has 1 atom stereocenters. The molecule has 1 saturated heterocycles. The lowest BCUT2D eigenvalue weighted by atomic mass is 10.1. The molecule has 0 aliphatic carbocycles. The van der Waals surface area contributed by atoms with E-state index in [-0.39, 0.29) is 11.9 Å². The Morgan fingerprint density at radius 1 is 1.35 bits per heavy atom. The van der Waals surface area contributed by atoms with E-state index in [1.807, 2.05) is 24.5 Å². The minimum Gasteiger partial charge on any atom is -0.379 e. The maximum Gasteiger partial charge on any atom is 0.230 e. The summed E-state index contributed by atoms with van der Waals surface area (Å²) in [5, 5.41) is 3.14. The lowest BCUT2D eigenvalue weighted by Gasteiger charge is -2.31. The number of amides is 1. The predicted octanol–water partition coefficient (Wildman–Crippen LogP) is 1.54. The average Bonchev–Trinajstić information content (AvgIpc) is 2.49. The van der Waals surface area contributed by atoms with Crippen molar-refractivity contribution in [2.45, 2.75) is 6.04 Å². The summed E-state index contributed by atoms with van der Waals surface area (Å²) in [6.07, 6.45) is 1.94. The molecule has 1 unspecified atom stereocenters. The maximum absolute atomic E-state index is 11.9. The second-order valence-electron chi connectivity index (χ2n) is 4.88. The highest BCUT2D eigenvalue weighted by Gasteiger charge is 2.19. The van der Waals surface area contributed by atoms with Crippen LogP contribution in [0.4, 0.5) is 0 Å². The number of hydrogen-bond acceptors (Lipinski definition) is 4. The van der Waals surface area contributed by atoms with Gasteiger partial charge in [-0.3, -0.25) is 9.69 Å². The van der Waals surface area contributed by atoms with Gasteiger partial charge in [-0.05, 0) is 11.8 Å². The summed E-state index contributed by atoms with van der Waals surface area (Å²) in [6.45, 7) is 4.26. The molecule has 0 saturated carbocycles. The van der Waals surface area contributed by atoms with E-state index in [1.54, 1.807) is 11.8 Å². The van der Waals surface area contributed by atoms with Crippen LogP contribution in [0.2, 0.25) is 0 Å². The van der Waals surface area contributed by atoms with E-state index in [2.05, 4.69) is 22.3 Å². The van der Waals surface area contributed by atoms with Gasteiger partial charge in [0.15, 0.2) is 0 Å². The SMILES string of the molecule is CSCC(=O)NC(CN1CCOCC1)c1ccccc1. The fourth-order valence-electron chi connectivity index (χ4n) is 2.33. The quantitative estimate of drug-likeness (QED) is 0.864. The zero-order valence-corrected chi connectivity index (χ0v) is 12.7. The average molecular weight is 294 g/mol. The van der Waals surface area contributed by atoms with Gasteiger partial charge in [0, 0.05) is 19.6 Å². The van der Waals surface area contributed by atoms with E-state index in [0.717, 1.165) is 38.4 Å². The van der Waals surface area contributed by atoms with Crippen molar-refractivity contribution < 1.29 is 9.53 Å². The number of morpholine rings is 1. The number of carbonyl (C=O) groups is 1. The molecule has 1 amide bonds. The number of rotatable bonds is 6. The third-order valence-electron chi connectivity index (χ3n) is 3.36. The molecule has 1 aliphatic rings. The molecule has 5 heteroatoms. The van der Waals surface area contributed by atoms with Gasteiger partial charge in [0.1, 0.15) is 0 Å². The second kappa shape index (κ2) is 8.29. The molecule has 110 valence electrons. The number of carbonyl (C=O) groups excluding carboxylic acids is 1. The topological polar surface area (TPSA) is 41.6 Å². The first-order valence-electron chi connectivity index (χ1n) is 6.93. The number of nitrogens with zero attached hydrogens (tertiary/aromatic N) is 1. The van der Waals surface area contributed by atoms with Gasteiger partial charge in [0.2, 0.25) is 5.91 Å². The highest BCUT2D eigenvalue weighted by Crippen LogP contribution is 2.15. The first-order chi connectivity index (χ1) is 9.79. The fourth-order valence-corrected chi connectivity index (χ4v) is 2.67. The van der Waals surface area contributed by atoms with E-state index in [1.165, 1.54) is 0 Å². The first-order valence-corrected chi connectivity index (χ1v) is 8.32. The summed E-state index contributed by atoms with van der Waals surface area (Å²) in [6, 6.07) is 10.2. The fraction of sp³-hybridized carbons (Fsp3) is 0.533. The molecule has 1 fully saturated rings. The van der Waals surface area contributed by atoms with Crippen LogP contribution in [0, 0.1) is 0 Å². The van der Waals surface area contributed by atoms with Crippen LogP contribution in [0.25, 0.3) is 0 Å². The van der Waals surface area contributed by atoms with Gasteiger partial charge >= 0.3 is 0 Å². The van der Waals surface area contributed by atoms with Crippen LogP contribution >= 0.6 is 11.8 Å². The van der Waals surface area contributed by atoms with Gasteiger partial charge in [0.25, 0.3) is 0 Å². The van der Waals surface area contributed by atoms with Crippen LogP contribution in [0.1, 0.15) is 11.6 Å². The van der Waals surface area contributed by atoms with Crippen molar-refractivity contribution in [3.05, 3.63) is 35.9 Å². The Morgan fingerprint density at radius 3 is 2.70 bits per heavy atom. The Hall–Kier alpha value is -1.04. The van der Waals surface area contributed by atoms with E-state index in [4.69, 9.17) is 4.74 Å². The third-order valence-corrected chi connectivity index (χ3v) is 3.91. The summed E-state index contributed by atoms with van der Waals surface area (Å²) >= 11 is 1.55. The standard InChI is InChI=1S/C15H22N2O2S/c1-20-12-15(18)16-14(13-5-3-2-4-6-13)11-17-7-9-19-10-8-17/h2-6,14H,7-12H2,1H3,(H,16,18). The van der Waals surface area contributed by atoms with Gasteiger partial charge in [0.05, 0.1) is 25.0 Å². The summed E-state index contributed by atoms with van der Waals surface area (Å²) in [4.78, 5) is 14.2. The van der Waals surface area contributed by atoms with Crippen LogP contribution in [0.15, 0.2) is 30.3 Å². The molecule has 0 spiro atoms. The van der Waals surface area contributed by atoms with Gasteiger partial charge < -0.3 is 10.1 Å². The molecule has 1 aliphatic heterocycles. The summed E-state index contributed by atoms with van der Waals surface area (Å²) in [5.41, 5.74) is 1.16. The number of ether oxygens (including phenoxy) is 1. The third kappa shape index (κ3) is 4.81. The zero-order valence-electron chi connectivity index (χ0n) is 11.9. The van der Waals surface area contributed by atoms with Crippen molar-refractivity contribution in [3.8, 4) is 0 Å². The van der Waals surface area contributed by atoms with E-state index in [9.17, 15) is 4.79 Å². The highest BCUT2D eigenvalue weighted by atomic mass is 32.2. The largest absolute Gasteiger partial charge is 0.379 e. The second-order valence-corrected chi connectivity index (χ2v) is 5.74. The van der Waals surface area contributed by atoms with Gasteiger partial charge in [-0.15, -0.1) is 0 Å². The summed E-state index contributed by atoms with van der Waals surface area (Å²) in [5.74, 6) is 0.603. The number of thioether (sulfide) groups is 1. The molecule has 20 heavy (non-hydrogen) atoms. The Morgan fingerprint density at radius 2 is 2.05 bits per heavy atom. The van der Waals surface area contributed by atoms with Crippen molar-refractivity contribution in [2.24, 2.45) is 0 Å². The normalized spacial score (nSPS) is 17.6. The Labute approximate surface area is 124 Å². The van der Waals surface area contributed by atoms with Gasteiger partial charge in [-0.25, -0.2) is 0 Å². The Kier molecular flexibility index (Phi) is 6.36. The van der Waals surface area contributed by atoms with Crippen LogP contribution in [0.5, 0.6) is 0 Å². The van der Waals surface area contributed by atoms with Crippen LogP contribution in [-0.4, -0.2) is 55.7 Å². The van der Waals surface area contributed by atoms with Crippen molar-refractivity contribution in [2.75, 3.05) is 44.9 Å². The molecule has 0 radical (unpaired) electrons. The molecular weight excluding hydrogens is 272 g/mol. The number of nitrogens with one attached hydrogen (secondary N) is 1. The van der Waals surface area contributed by atoms with E-state index < -0.39 is 0 Å². The van der Waals surface area contributed by atoms with Crippen LogP contribution in [0.3, 0.4) is 0 Å². The first kappa shape index (κ1) is 15.4. The molecule has 1 heterocycles. The molecule has 1 aromatic rings. The summed E-state index contributed by atoms with van der Waals surface area (Å²) in [7, 11) is 0. The van der Waals surface area contributed by atoms with Crippen molar-refractivity contribution in [1.82, 2.24) is 10.2 Å². The Balaban J connectivity index is 2.01. The molecule has 1 N–H and O–H groups in total. The number of benzene rings is 1. The predicted molar refractivity (Wildman–Crippen MR) is 83.0 cm³/mol. The maximum atomic E-state index is 11.9. The molecular formula is C15H22N2O2S. The molecule has 2 rings (SSSR count). The van der Waals surface area contributed by atoms with E-state index in [0.29, 0.717) is 5.75 Å². The minimum absolute atomic E-state index is 0.0500. The van der Waals surface area contributed by atoms with Crippen molar-refractivity contribution in [1.29, 1.82) is 0 Å². The molecule has 0 bridgehead atoms. The van der Waals surface area contributed by atoms with Crippen molar-refractivity contribution in [3.63, 3.8) is 0 Å². The molecule has 4 nitrogen and oxygen atoms in total. The van der Waals surface area contributed by atoms with E-state index >= 15 is 0 Å². The van der Waals surface area contributed by atoms with Crippen molar-refractivity contribution >= 4 is 17.7 Å². The Bertz CT molecular complexity index is 408. The smallest absolute Gasteiger partial charge is 0.230 e. The van der Waals surface area contributed by atoms with Crippen LogP contribution in [-0.2, 0) is 9.53 Å². The van der Waals surface area contributed by atoms with Crippen LogP contribution < -0.4 is 5.32 Å². The lowest BCUT2D eigenvalue weighted by molar-refractivity contribution is -0.119. The molecule has 1 aromatic carbocycles.